The van der Waals surface area contributed by atoms with Gasteiger partial charge < -0.3 is 9.88 Å². The molecule has 0 aliphatic rings. The highest BCUT2D eigenvalue weighted by molar-refractivity contribution is 6.33. The molecular formula is C16H16ClN3O3. The number of hydrogen-bond acceptors (Lipinski definition) is 3. The minimum atomic E-state index is -0.467. The van der Waals surface area contributed by atoms with Crippen molar-refractivity contribution in [3.05, 3.63) is 67.5 Å². The van der Waals surface area contributed by atoms with Gasteiger partial charge in [0.05, 0.1) is 16.3 Å². The molecule has 0 saturated heterocycles. The third-order valence-electron chi connectivity index (χ3n) is 3.27. The number of nitrogens with zero attached hydrogens (tertiary/aromatic N) is 2. The summed E-state index contributed by atoms with van der Waals surface area (Å²) in [5.74, 6) is -0.424. The lowest BCUT2D eigenvalue weighted by molar-refractivity contribution is -0.111. The van der Waals surface area contributed by atoms with Crippen LogP contribution in [0, 0.1) is 6.92 Å². The summed E-state index contributed by atoms with van der Waals surface area (Å²) < 4.78 is 2.25. The van der Waals surface area contributed by atoms with E-state index >= 15 is 0 Å². The number of amides is 1. The molecule has 7 heteroatoms. The van der Waals surface area contributed by atoms with Crippen LogP contribution in [-0.2, 0) is 18.9 Å². The van der Waals surface area contributed by atoms with Crippen LogP contribution in [0.3, 0.4) is 0 Å². The number of aryl methyl sites for hydroxylation is 2. The third-order valence-corrected chi connectivity index (χ3v) is 3.58. The lowest BCUT2D eigenvalue weighted by atomic mass is 10.2. The Hall–Kier alpha value is -2.60. The molecular weight excluding hydrogens is 318 g/mol. The van der Waals surface area contributed by atoms with E-state index in [1.54, 1.807) is 12.1 Å². The van der Waals surface area contributed by atoms with Crippen LogP contribution >= 0.6 is 11.6 Å². The zero-order valence-electron chi connectivity index (χ0n) is 13.0. The molecule has 0 bridgehead atoms. The zero-order valence-corrected chi connectivity index (χ0v) is 13.7. The van der Waals surface area contributed by atoms with Crippen LogP contribution in [0.4, 0.5) is 5.69 Å². The molecule has 1 amide bonds. The number of rotatable bonds is 3. The molecule has 0 radical (unpaired) electrons. The Morgan fingerprint density at radius 1 is 1.26 bits per heavy atom. The van der Waals surface area contributed by atoms with E-state index in [4.69, 9.17) is 11.6 Å². The Morgan fingerprint density at radius 3 is 2.61 bits per heavy atom. The van der Waals surface area contributed by atoms with E-state index in [1.165, 1.54) is 37.0 Å². The highest BCUT2D eigenvalue weighted by Crippen LogP contribution is 2.22. The van der Waals surface area contributed by atoms with Gasteiger partial charge in [-0.1, -0.05) is 17.7 Å². The summed E-state index contributed by atoms with van der Waals surface area (Å²) in [5.41, 5.74) is 0.811. The molecule has 0 fully saturated rings. The van der Waals surface area contributed by atoms with E-state index in [2.05, 4.69) is 5.32 Å². The second-order valence-electron chi connectivity index (χ2n) is 5.15. The van der Waals surface area contributed by atoms with Crippen LogP contribution in [0.1, 0.15) is 11.1 Å². The van der Waals surface area contributed by atoms with Gasteiger partial charge in [0.1, 0.15) is 0 Å². The average molecular weight is 334 g/mol. The van der Waals surface area contributed by atoms with Crippen LogP contribution in [0.25, 0.3) is 6.08 Å². The molecule has 0 spiro atoms. The lowest BCUT2D eigenvalue weighted by Gasteiger charge is -2.06. The number of anilines is 1. The minimum Gasteiger partial charge on any atom is -0.321 e. The predicted molar refractivity (Wildman–Crippen MR) is 90.8 cm³/mol. The van der Waals surface area contributed by atoms with Gasteiger partial charge in [-0.25, -0.2) is 4.79 Å². The van der Waals surface area contributed by atoms with Crippen molar-refractivity contribution in [1.29, 1.82) is 0 Å². The maximum Gasteiger partial charge on any atom is 0.330 e. The summed E-state index contributed by atoms with van der Waals surface area (Å²) in [6.07, 6.45) is 3.96. The van der Waals surface area contributed by atoms with E-state index in [0.29, 0.717) is 10.7 Å². The maximum absolute atomic E-state index is 11.9. The first kappa shape index (κ1) is 16.8. The van der Waals surface area contributed by atoms with E-state index < -0.39 is 17.2 Å². The van der Waals surface area contributed by atoms with Gasteiger partial charge in [-0.3, -0.25) is 14.2 Å². The molecule has 6 nitrogen and oxygen atoms in total. The standard InChI is InChI=1S/C16H16ClN3O3/c1-10-4-6-13(12(17)8-10)18-14(21)7-5-11-9-19(2)16(23)20(3)15(11)22/h4-9H,1-3H3,(H,18,21)/b7-5+. The van der Waals surface area contributed by atoms with Gasteiger partial charge in [0.25, 0.3) is 5.56 Å². The Bertz CT molecular complexity index is 910. The second kappa shape index (κ2) is 6.66. The largest absolute Gasteiger partial charge is 0.330 e. The average Bonchev–Trinajstić information content (AvgIpc) is 2.50. The fourth-order valence-electron chi connectivity index (χ4n) is 2.01. The van der Waals surface area contributed by atoms with Crippen molar-refractivity contribution in [1.82, 2.24) is 9.13 Å². The number of carbonyl (C=O) groups excluding carboxylic acids is 1. The quantitative estimate of drug-likeness (QED) is 0.869. The van der Waals surface area contributed by atoms with Crippen molar-refractivity contribution in [3.63, 3.8) is 0 Å². The Morgan fingerprint density at radius 2 is 1.96 bits per heavy atom. The molecule has 1 heterocycles. The van der Waals surface area contributed by atoms with Crippen molar-refractivity contribution < 1.29 is 4.79 Å². The molecule has 1 N–H and O–H groups in total. The topological polar surface area (TPSA) is 73.1 Å². The minimum absolute atomic E-state index is 0.236. The number of benzene rings is 1. The molecule has 0 aliphatic carbocycles. The van der Waals surface area contributed by atoms with E-state index in [9.17, 15) is 14.4 Å². The molecule has 2 aromatic rings. The fraction of sp³-hybridized carbons (Fsp3) is 0.188. The smallest absolute Gasteiger partial charge is 0.321 e. The highest BCUT2D eigenvalue weighted by Gasteiger charge is 2.06. The molecule has 2 rings (SSSR count). The maximum atomic E-state index is 11.9. The molecule has 120 valence electrons. The van der Waals surface area contributed by atoms with Gasteiger partial charge in [-0.2, -0.15) is 0 Å². The van der Waals surface area contributed by atoms with E-state index in [1.807, 2.05) is 13.0 Å². The van der Waals surface area contributed by atoms with Crippen LogP contribution < -0.4 is 16.6 Å². The van der Waals surface area contributed by atoms with Crippen LogP contribution in [0.5, 0.6) is 0 Å². The second-order valence-corrected chi connectivity index (χ2v) is 5.56. The summed E-state index contributed by atoms with van der Waals surface area (Å²) >= 11 is 6.04. The number of carbonyl (C=O) groups is 1. The summed E-state index contributed by atoms with van der Waals surface area (Å²) in [7, 11) is 2.92. The lowest BCUT2D eigenvalue weighted by Crippen LogP contribution is -2.37. The van der Waals surface area contributed by atoms with E-state index in [0.717, 1.165) is 10.1 Å². The molecule has 0 unspecified atom stereocenters. The van der Waals surface area contributed by atoms with E-state index in [-0.39, 0.29) is 5.56 Å². The molecule has 1 aromatic heterocycles. The molecule has 23 heavy (non-hydrogen) atoms. The first-order valence-corrected chi connectivity index (χ1v) is 7.19. The molecule has 0 atom stereocenters. The Balaban J connectivity index is 2.22. The number of aromatic nitrogens is 2. The van der Waals surface area contributed by atoms with Crippen molar-refractivity contribution in [2.45, 2.75) is 6.92 Å². The number of nitrogens with one attached hydrogen (secondary N) is 1. The van der Waals surface area contributed by atoms with Crippen LogP contribution in [-0.4, -0.2) is 15.0 Å². The first-order valence-electron chi connectivity index (χ1n) is 6.81. The van der Waals surface area contributed by atoms with Crippen molar-refractivity contribution in [2.24, 2.45) is 14.1 Å². The first-order chi connectivity index (χ1) is 10.8. The molecule has 0 aliphatic heterocycles. The summed E-state index contributed by atoms with van der Waals surface area (Å²) in [5, 5.41) is 3.07. The fourth-order valence-corrected chi connectivity index (χ4v) is 2.29. The van der Waals surface area contributed by atoms with Crippen molar-refractivity contribution in [2.75, 3.05) is 5.32 Å². The monoisotopic (exact) mass is 333 g/mol. The normalized spacial score (nSPS) is 11.0. The van der Waals surface area contributed by atoms with Gasteiger partial charge in [0.15, 0.2) is 0 Å². The van der Waals surface area contributed by atoms with Gasteiger partial charge in [-0.05, 0) is 30.7 Å². The third kappa shape index (κ3) is 3.78. The zero-order chi connectivity index (χ0) is 17.1. The predicted octanol–water partition coefficient (Wildman–Crippen LogP) is 1.70. The number of halogens is 1. The van der Waals surface area contributed by atoms with Gasteiger partial charge in [-0.15, -0.1) is 0 Å². The molecule has 1 aromatic carbocycles. The Kier molecular flexibility index (Phi) is 4.86. The van der Waals surface area contributed by atoms with Crippen molar-refractivity contribution in [3.8, 4) is 0 Å². The van der Waals surface area contributed by atoms with Gasteiger partial charge in [0, 0.05) is 26.4 Å². The SMILES string of the molecule is Cc1ccc(NC(=O)/C=C/c2cn(C)c(=O)n(C)c2=O)c(Cl)c1. The summed E-state index contributed by atoms with van der Waals surface area (Å²) in [6.45, 7) is 1.90. The van der Waals surface area contributed by atoms with Gasteiger partial charge >= 0.3 is 5.69 Å². The van der Waals surface area contributed by atoms with Crippen molar-refractivity contribution >= 4 is 29.3 Å². The summed E-state index contributed by atoms with van der Waals surface area (Å²) in [4.78, 5) is 35.5. The Labute approximate surface area is 137 Å². The van der Waals surface area contributed by atoms with Gasteiger partial charge in [0.2, 0.25) is 5.91 Å². The summed E-state index contributed by atoms with van der Waals surface area (Å²) in [6, 6.07) is 5.27. The number of hydrogen-bond donors (Lipinski definition) is 1. The molecule has 0 saturated carbocycles. The highest BCUT2D eigenvalue weighted by atomic mass is 35.5. The van der Waals surface area contributed by atoms with Crippen LogP contribution in [0.2, 0.25) is 5.02 Å². The van der Waals surface area contributed by atoms with Crippen LogP contribution in [0.15, 0.2) is 40.1 Å².